The van der Waals surface area contributed by atoms with Gasteiger partial charge in [-0.1, -0.05) is 0 Å². The van der Waals surface area contributed by atoms with Crippen molar-refractivity contribution >= 4 is 17.3 Å². The van der Waals surface area contributed by atoms with Crippen LogP contribution in [0.5, 0.6) is 23.1 Å². The first-order valence-corrected chi connectivity index (χ1v) is 6.12. The zero-order valence-electron chi connectivity index (χ0n) is 11.3. The third kappa shape index (κ3) is 3.03. The molecule has 0 aliphatic carbocycles. The smallest absolute Gasteiger partial charge is 0.247 e. The highest BCUT2D eigenvalue weighted by Crippen LogP contribution is 2.33. The number of nitrogen functional groups attached to an aromatic ring is 1. The summed E-state index contributed by atoms with van der Waals surface area (Å²) in [4.78, 5) is 7.91. The van der Waals surface area contributed by atoms with Gasteiger partial charge < -0.3 is 19.9 Å². The van der Waals surface area contributed by atoms with Crippen LogP contribution in [0.15, 0.2) is 18.2 Å². The molecule has 0 aliphatic heterocycles. The summed E-state index contributed by atoms with van der Waals surface area (Å²) in [7, 11) is 3.11. The number of hydrogen-bond donors (Lipinski definition) is 1. The first-order valence-electron chi connectivity index (χ1n) is 5.74. The maximum Gasteiger partial charge on any atom is 0.247 e. The highest BCUT2D eigenvalue weighted by molar-refractivity contribution is 6.28. The number of hydrogen-bond acceptors (Lipinski definition) is 6. The van der Waals surface area contributed by atoms with Crippen molar-refractivity contribution in [1.82, 2.24) is 9.97 Å². The number of rotatable bonds is 4. The van der Waals surface area contributed by atoms with Gasteiger partial charge >= 0.3 is 0 Å². The number of aryl methyl sites for hydroxylation is 1. The van der Waals surface area contributed by atoms with Crippen molar-refractivity contribution in [3.05, 3.63) is 29.2 Å². The molecule has 1 aromatic heterocycles. The van der Waals surface area contributed by atoms with Crippen LogP contribution >= 0.6 is 11.6 Å². The first-order chi connectivity index (χ1) is 9.53. The van der Waals surface area contributed by atoms with Crippen molar-refractivity contribution in [3.8, 4) is 23.1 Å². The number of anilines is 1. The standard InChI is InChI=1S/C13H14ClN3O3/c1-7-11(15)12(17-13(14)16-7)20-10-5-8(18-2)4-9(6-10)19-3/h4-6H,15H2,1-3H3. The molecule has 0 radical (unpaired) electrons. The molecule has 0 spiro atoms. The van der Waals surface area contributed by atoms with Crippen LogP contribution in [0.2, 0.25) is 5.28 Å². The lowest BCUT2D eigenvalue weighted by atomic mass is 10.3. The van der Waals surface area contributed by atoms with E-state index in [0.29, 0.717) is 28.6 Å². The summed E-state index contributed by atoms with van der Waals surface area (Å²) in [6.07, 6.45) is 0. The van der Waals surface area contributed by atoms with E-state index < -0.39 is 0 Å². The van der Waals surface area contributed by atoms with E-state index in [-0.39, 0.29) is 11.2 Å². The van der Waals surface area contributed by atoms with Gasteiger partial charge in [0.1, 0.15) is 22.9 Å². The average Bonchev–Trinajstić information content (AvgIpc) is 2.43. The van der Waals surface area contributed by atoms with Gasteiger partial charge in [-0.05, 0) is 18.5 Å². The number of methoxy groups -OCH3 is 2. The molecule has 0 bridgehead atoms. The fraction of sp³-hybridized carbons (Fsp3) is 0.231. The molecule has 2 aromatic rings. The minimum atomic E-state index is 0.0709. The Labute approximate surface area is 121 Å². The van der Waals surface area contributed by atoms with Crippen LogP contribution in [0.4, 0.5) is 5.69 Å². The van der Waals surface area contributed by atoms with E-state index in [2.05, 4.69) is 9.97 Å². The van der Waals surface area contributed by atoms with E-state index in [4.69, 9.17) is 31.5 Å². The average molecular weight is 296 g/mol. The van der Waals surface area contributed by atoms with Crippen LogP contribution in [-0.4, -0.2) is 24.2 Å². The lowest BCUT2D eigenvalue weighted by Gasteiger charge is -2.11. The van der Waals surface area contributed by atoms with Crippen LogP contribution in [0, 0.1) is 6.92 Å². The lowest BCUT2D eigenvalue weighted by Crippen LogP contribution is -2.01. The van der Waals surface area contributed by atoms with Crippen LogP contribution in [0.3, 0.4) is 0 Å². The molecule has 1 aromatic carbocycles. The molecule has 0 amide bonds. The van der Waals surface area contributed by atoms with Gasteiger partial charge in [0.2, 0.25) is 11.2 Å². The van der Waals surface area contributed by atoms with Gasteiger partial charge in [-0.2, -0.15) is 4.98 Å². The Hall–Kier alpha value is -2.21. The van der Waals surface area contributed by atoms with E-state index in [1.807, 2.05) is 0 Å². The summed E-state index contributed by atoms with van der Waals surface area (Å²) in [5, 5.41) is 0.0709. The zero-order valence-corrected chi connectivity index (χ0v) is 12.1. The summed E-state index contributed by atoms with van der Waals surface area (Å²) in [5.41, 5.74) is 6.75. The Bertz CT molecular complexity index is 612. The van der Waals surface area contributed by atoms with Gasteiger partial charge in [-0.15, -0.1) is 0 Å². The molecule has 0 unspecified atom stereocenters. The molecule has 20 heavy (non-hydrogen) atoms. The Morgan fingerprint density at radius 3 is 2.10 bits per heavy atom. The van der Waals surface area contributed by atoms with Crippen LogP contribution in [0.25, 0.3) is 0 Å². The van der Waals surface area contributed by atoms with E-state index in [0.717, 1.165) is 0 Å². The zero-order chi connectivity index (χ0) is 14.7. The number of aromatic nitrogens is 2. The molecule has 0 atom stereocenters. The largest absolute Gasteiger partial charge is 0.496 e. The van der Waals surface area contributed by atoms with Crippen molar-refractivity contribution in [2.24, 2.45) is 0 Å². The Balaban J connectivity index is 2.39. The molecule has 6 nitrogen and oxygen atoms in total. The second-order valence-electron chi connectivity index (χ2n) is 3.95. The molecular formula is C13H14ClN3O3. The monoisotopic (exact) mass is 295 g/mol. The summed E-state index contributed by atoms with van der Waals surface area (Å²) in [6.45, 7) is 1.72. The molecule has 0 saturated carbocycles. The summed E-state index contributed by atoms with van der Waals surface area (Å²) >= 11 is 5.80. The van der Waals surface area contributed by atoms with Crippen molar-refractivity contribution in [1.29, 1.82) is 0 Å². The van der Waals surface area contributed by atoms with Gasteiger partial charge in [-0.25, -0.2) is 4.98 Å². The third-order valence-electron chi connectivity index (χ3n) is 2.61. The highest BCUT2D eigenvalue weighted by Gasteiger charge is 2.11. The van der Waals surface area contributed by atoms with Gasteiger partial charge in [0.25, 0.3) is 0 Å². The Morgan fingerprint density at radius 2 is 1.55 bits per heavy atom. The van der Waals surface area contributed by atoms with Gasteiger partial charge in [0.05, 0.1) is 19.9 Å². The van der Waals surface area contributed by atoms with Gasteiger partial charge in [0, 0.05) is 18.2 Å². The number of ether oxygens (including phenoxy) is 3. The molecule has 106 valence electrons. The van der Waals surface area contributed by atoms with Crippen molar-refractivity contribution in [2.75, 3.05) is 20.0 Å². The minimum absolute atomic E-state index is 0.0709. The second kappa shape index (κ2) is 5.83. The summed E-state index contributed by atoms with van der Waals surface area (Å²) in [5.74, 6) is 1.85. The molecule has 2 rings (SSSR count). The number of halogens is 1. The molecule has 0 aliphatic rings. The molecule has 0 saturated heterocycles. The van der Waals surface area contributed by atoms with Crippen molar-refractivity contribution < 1.29 is 14.2 Å². The fourth-order valence-corrected chi connectivity index (χ4v) is 1.76. The lowest BCUT2D eigenvalue weighted by molar-refractivity contribution is 0.385. The van der Waals surface area contributed by atoms with E-state index in [9.17, 15) is 0 Å². The normalized spacial score (nSPS) is 10.2. The third-order valence-corrected chi connectivity index (χ3v) is 2.78. The second-order valence-corrected chi connectivity index (χ2v) is 4.29. The van der Waals surface area contributed by atoms with Gasteiger partial charge in [-0.3, -0.25) is 0 Å². The molecule has 0 fully saturated rings. The summed E-state index contributed by atoms with van der Waals surface area (Å²) in [6, 6.07) is 5.11. The number of benzene rings is 1. The Morgan fingerprint density at radius 1 is 1.00 bits per heavy atom. The maximum absolute atomic E-state index is 5.87. The number of nitrogens with two attached hydrogens (primary N) is 1. The quantitative estimate of drug-likeness (QED) is 0.874. The van der Waals surface area contributed by atoms with Crippen molar-refractivity contribution in [2.45, 2.75) is 6.92 Å². The first kappa shape index (κ1) is 14.2. The van der Waals surface area contributed by atoms with Crippen LogP contribution < -0.4 is 19.9 Å². The topological polar surface area (TPSA) is 79.5 Å². The van der Waals surface area contributed by atoms with Crippen LogP contribution in [0.1, 0.15) is 5.69 Å². The Kier molecular flexibility index (Phi) is 4.14. The van der Waals surface area contributed by atoms with E-state index in [1.54, 1.807) is 39.3 Å². The molecule has 7 heteroatoms. The predicted molar refractivity (Wildman–Crippen MR) is 75.8 cm³/mol. The SMILES string of the molecule is COc1cc(OC)cc(Oc2nc(Cl)nc(C)c2N)c1. The molecular weight excluding hydrogens is 282 g/mol. The van der Waals surface area contributed by atoms with Crippen molar-refractivity contribution in [3.63, 3.8) is 0 Å². The molecule has 1 heterocycles. The maximum atomic E-state index is 5.87. The fourth-order valence-electron chi connectivity index (χ4n) is 1.55. The molecule has 2 N–H and O–H groups in total. The minimum Gasteiger partial charge on any atom is -0.496 e. The predicted octanol–water partition coefficient (Wildman–Crippen LogP) is 2.83. The highest BCUT2D eigenvalue weighted by atomic mass is 35.5. The van der Waals surface area contributed by atoms with Gasteiger partial charge in [0.15, 0.2) is 0 Å². The number of nitrogens with zero attached hydrogens (tertiary/aromatic N) is 2. The summed E-state index contributed by atoms with van der Waals surface area (Å²) < 4.78 is 16.0. The van der Waals surface area contributed by atoms with E-state index >= 15 is 0 Å². The van der Waals surface area contributed by atoms with Crippen LogP contribution in [-0.2, 0) is 0 Å². The van der Waals surface area contributed by atoms with E-state index in [1.165, 1.54) is 0 Å².